The zero-order valence-corrected chi connectivity index (χ0v) is 34.2. The van der Waals surface area contributed by atoms with Crippen LogP contribution in [-0.2, 0) is 10.8 Å². The molecule has 0 saturated heterocycles. The van der Waals surface area contributed by atoms with Crippen LogP contribution in [0, 0.1) is 0 Å². The Morgan fingerprint density at radius 1 is 0.400 bits per heavy atom. The van der Waals surface area contributed by atoms with Crippen LogP contribution in [0.15, 0.2) is 200 Å². The number of para-hydroxylation sites is 1. The average molecular weight is 782 g/mol. The van der Waals surface area contributed by atoms with Gasteiger partial charge < -0.3 is 4.90 Å². The minimum absolute atomic E-state index is 0.208. The number of rotatable bonds is 4. The molecule has 0 unspecified atom stereocenters. The van der Waals surface area contributed by atoms with E-state index in [0.29, 0.717) is 0 Å². The van der Waals surface area contributed by atoms with Crippen molar-refractivity contribution in [3.05, 3.63) is 233 Å². The molecular formula is C58H39NS. The van der Waals surface area contributed by atoms with Crippen molar-refractivity contribution in [2.24, 2.45) is 0 Å². The standard InChI is InChI=1S/C58H39NS/c1-57(2)50-34-37(41-24-14-17-36-16-6-7-20-40(36)41)30-32-44(50)45-33-31-39(35-51(45)57)59(38-18-4-3-5-19-38)52-28-15-27-49-55(52)54-46-23-10-13-29-53(46)60-56(54)58(49)47-25-11-8-21-42(47)43-22-9-12-26-48(43)58/h3-35H,1-2H3. The van der Waals surface area contributed by atoms with Crippen molar-refractivity contribution in [1.82, 2.24) is 0 Å². The Morgan fingerprint density at radius 2 is 0.983 bits per heavy atom. The average Bonchev–Trinajstić information content (AvgIpc) is 3.98. The highest BCUT2D eigenvalue weighted by Crippen LogP contribution is 2.68. The lowest BCUT2D eigenvalue weighted by atomic mass is 9.74. The van der Waals surface area contributed by atoms with Crippen molar-refractivity contribution in [1.29, 1.82) is 0 Å². The summed E-state index contributed by atoms with van der Waals surface area (Å²) in [4.78, 5) is 3.95. The van der Waals surface area contributed by atoms with Crippen LogP contribution < -0.4 is 4.90 Å². The summed E-state index contributed by atoms with van der Waals surface area (Å²) >= 11 is 1.97. The second-order valence-corrected chi connectivity index (χ2v) is 18.2. The largest absolute Gasteiger partial charge is 0.310 e. The highest BCUT2D eigenvalue weighted by Gasteiger charge is 2.54. The summed E-state index contributed by atoms with van der Waals surface area (Å²) in [7, 11) is 0. The van der Waals surface area contributed by atoms with E-state index in [1.54, 1.807) is 0 Å². The topological polar surface area (TPSA) is 3.24 Å². The highest BCUT2D eigenvalue weighted by atomic mass is 32.1. The third-order valence-electron chi connectivity index (χ3n) is 13.9. The fourth-order valence-electron chi connectivity index (χ4n) is 11.3. The first-order valence-corrected chi connectivity index (χ1v) is 21.8. The third kappa shape index (κ3) is 4.36. The van der Waals surface area contributed by atoms with E-state index < -0.39 is 5.41 Å². The molecule has 0 atom stereocenters. The van der Waals surface area contributed by atoms with Crippen LogP contribution in [0.1, 0.15) is 46.5 Å². The van der Waals surface area contributed by atoms with E-state index in [1.165, 1.54) is 104 Å². The van der Waals surface area contributed by atoms with Crippen molar-refractivity contribution in [3.63, 3.8) is 0 Å². The van der Waals surface area contributed by atoms with E-state index in [2.05, 4.69) is 219 Å². The Balaban J connectivity index is 1.04. The first-order chi connectivity index (χ1) is 29.5. The molecule has 0 aliphatic heterocycles. The van der Waals surface area contributed by atoms with E-state index in [4.69, 9.17) is 0 Å². The highest BCUT2D eigenvalue weighted by molar-refractivity contribution is 7.20. The van der Waals surface area contributed by atoms with Crippen LogP contribution in [-0.4, -0.2) is 0 Å². The Bertz CT molecular complexity index is 3370. The molecule has 0 amide bonds. The summed E-state index contributed by atoms with van der Waals surface area (Å²) in [5, 5.41) is 3.88. The number of hydrogen-bond donors (Lipinski definition) is 0. The van der Waals surface area contributed by atoms with Gasteiger partial charge in [0.25, 0.3) is 0 Å². The number of thiophene rings is 1. The molecular weight excluding hydrogens is 743 g/mol. The lowest BCUT2D eigenvalue weighted by Gasteiger charge is -2.32. The molecule has 1 nitrogen and oxygen atoms in total. The molecule has 0 saturated carbocycles. The summed E-state index contributed by atoms with van der Waals surface area (Å²) in [5.74, 6) is 0. The Labute approximate surface area is 354 Å². The fourth-order valence-corrected chi connectivity index (χ4v) is 12.7. The molecule has 3 aliphatic rings. The van der Waals surface area contributed by atoms with Crippen molar-refractivity contribution in [3.8, 4) is 44.5 Å². The van der Waals surface area contributed by atoms with Crippen molar-refractivity contribution >= 4 is 49.3 Å². The predicted octanol–water partition coefficient (Wildman–Crippen LogP) is 15.8. The molecule has 0 fully saturated rings. The Kier molecular flexibility index (Phi) is 6.94. The number of hydrogen-bond acceptors (Lipinski definition) is 2. The molecule has 0 bridgehead atoms. The molecule has 13 rings (SSSR count). The SMILES string of the molecule is CC1(C)c2cc(-c3cccc4ccccc34)ccc2-c2ccc(N(c3ccccc3)c3cccc4c3-c3c(sc5ccccc35)C43c4ccccc4-c4ccccc43)cc21. The van der Waals surface area contributed by atoms with Gasteiger partial charge in [-0.2, -0.15) is 0 Å². The minimum Gasteiger partial charge on any atom is -0.310 e. The lowest BCUT2D eigenvalue weighted by Crippen LogP contribution is -2.25. The van der Waals surface area contributed by atoms with Crippen LogP contribution in [0.4, 0.5) is 17.1 Å². The molecule has 10 aromatic rings. The van der Waals surface area contributed by atoms with Crippen molar-refractivity contribution < 1.29 is 0 Å². The van der Waals surface area contributed by atoms with Gasteiger partial charge in [0.15, 0.2) is 0 Å². The van der Waals surface area contributed by atoms with E-state index in [9.17, 15) is 0 Å². The van der Waals surface area contributed by atoms with Gasteiger partial charge in [0.1, 0.15) is 0 Å². The second-order valence-electron chi connectivity index (χ2n) is 17.2. The predicted molar refractivity (Wildman–Crippen MR) is 253 cm³/mol. The minimum atomic E-state index is -0.413. The first kappa shape index (κ1) is 33.9. The number of nitrogens with zero attached hydrogens (tertiary/aromatic N) is 1. The van der Waals surface area contributed by atoms with Crippen LogP contribution in [0.5, 0.6) is 0 Å². The van der Waals surface area contributed by atoms with Crippen LogP contribution in [0.25, 0.3) is 65.4 Å². The quantitative estimate of drug-likeness (QED) is 0.172. The Morgan fingerprint density at radius 3 is 1.78 bits per heavy atom. The molecule has 1 spiro atoms. The van der Waals surface area contributed by atoms with E-state index in [-0.39, 0.29) is 5.41 Å². The molecule has 0 N–H and O–H groups in total. The number of anilines is 3. The van der Waals surface area contributed by atoms with Gasteiger partial charge in [-0.25, -0.2) is 0 Å². The second kappa shape index (κ2) is 12.3. The normalized spacial score (nSPS) is 14.4. The number of benzene rings is 9. The number of fused-ring (bicyclic) bond motifs is 16. The van der Waals surface area contributed by atoms with E-state index >= 15 is 0 Å². The van der Waals surface area contributed by atoms with Gasteiger partial charge in [-0.05, 0) is 114 Å². The summed E-state index contributed by atoms with van der Waals surface area (Å²) in [6.45, 7) is 4.81. The molecule has 1 heterocycles. The van der Waals surface area contributed by atoms with Gasteiger partial charge >= 0.3 is 0 Å². The maximum atomic E-state index is 2.53. The maximum absolute atomic E-state index is 2.53. The molecule has 60 heavy (non-hydrogen) atoms. The van der Waals surface area contributed by atoms with E-state index in [0.717, 1.165) is 11.4 Å². The monoisotopic (exact) mass is 781 g/mol. The van der Waals surface area contributed by atoms with Gasteiger partial charge in [-0.15, -0.1) is 11.3 Å². The van der Waals surface area contributed by atoms with Crippen LogP contribution in [0.2, 0.25) is 0 Å². The molecule has 9 aromatic carbocycles. The third-order valence-corrected chi connectivity index (χ3v) is 15.1. The fraction of sp³-hybridized carbons (Fsp3) is 0.0690. The summed E-state index contributed by atoms with van der Waals surface area (Å²) in [6.07, 6.45) is 0. The maximum Gasteiger partial charge on any atom is 0.0820 e. The molecule has 2 heteroatoms. The van der Waals surface area contributed by atoms with Crippen molar-refractivity contribution in [2.45, 2.75) is 24.7 Å². The molecule has 3 aliphatic carbocycles. The van der Waals surface area contributed by atoms with Gasteiger partial charge in [0.2, 0.25) is 0 Å². The molecule has 0 radical (unpaired) electrons. The summed E-state index contributed by atoms with van der Waals surface area (Å²) in [5.41, 5.74) is 20.3. The van der Waals surface area contributed by atoms with Gasteiger partial charge in [-0.1, -0.05) is 172 Å². The molecule has 1 aromatic heterocycles. The van der Waals surface area contributed by atoms with Gasteiger partial charge in [0, 0.05) is 42.9 Å². The van der Waals surface area contributed by atoms with Crippen LogP contribution in [0.3, 0.4) is 0 Å². The van der Waals surface area contributed by atoms with E-state index in [1.807, 2.05) is 11.3 Å². The lowest BCUT2D eigenvalue weighted by molar-refractivity contribution is 0.660. The van der Waals surface area contributed by atoms with Gasteiger partial charge in [0.05, 0.1) is 11.1 Å². The smallest absolute Gasteiger partial charge is 0.0820 e. The summed E-state index contributed by atoms with van der Waals surface area (Å²) < 4.78 is 1.33. The zero-order valence-electron chi connectivity index (χ0n) is 33.4. The zero-order chi connectivity index (χ0) is 39.7. The van der Waals surface area contributed by atoms with Crippen molar-refractivity contribution in [2.75, 3.05) is 4.90 Å². The van der Waals surface area contributed by atoms with Crippen LogP contribution >= 0.6 is 11.3 Å². The Hall–Kier alpha value is -7.00. The van der Waals surface area contributed by atoms with Gasteiger partial charge in [-0.3, -0.25) is 0 Å². The summed E-state index contributed by atoms with van der Waals surface area (Å²) in [6, 6.07) is 75.1. The first-order valence-electron chi connectivity index (χ1n) is 21.0. The molecule has 282 valence electrons.